The number of nitrogens with zero attached hydrogens (tertiary/aromatic N) is 2. The quantitative estimate of drug-likeness (QED) is 0.683. The first kappa shape index (κ1) is 9.19. The molecule has 74 valence electrons. The Morgan fingerprint density at radius 1 is 1.36 bits per heavy atom. The van der Waals surface area contributed by atoms with Gasteiger partial charge in [0.05, 0.1) is 5.69 Å². The van der Waals surface area contributed by atoms with Crippen molar-refractivity contribution < 1.29 is 4.74 Å². The number of aryl methyl sites for hydroxylation is 2. The van der Waals surface area contributed by atoms with Crippen LogP contribution in [0.15, 0.2) is 18.7 Å². The molecule has 0 unspecified atom stereocenters. The second-order valence-electron chi connectivity index (χ2n) is 3.46. The molecule has 14 heavy (non-hydrogen) atoms. The first-order chi connectivity index (χ1) is 6.90. The van der Waals surface area contributed by atoms with Crippen LogP contribution in [0.25, 0.3) is 0 Å². The molecule has 1 aromatic heterocycles. The van der Waals surface area contributed by atoms with Crippen LogP contribution < -0.4 is 4.74 Å². The van der Waals surface area contributed by atoms with E-state index in [2.05, 4.69) is 16.8 Å². The number of ether oxygens (including phenoxy) is 1. The molecule has 1 aliphatic carbocycles. The highest BCUT2D eigenvalue weighted by atomic mass is 16.5. The second-order valence-corrected chi connectivity index (χ2v) is 3.46. The molecule has 0 amide bonds. The molecule has 0 N–H and O–H groups in total. The van der Waals surface area contributed by atoms with Crippen LogP contribution in [0.5, 0.6) is 5.88 Å². The predicted molar refractivity (Wildman–Crippen MR) is 54.4 cm³/mol. The van der Waals surface area contributed by atoms with Gasteiger partial charge in [-0.2, -0.15) is 5.10 Å². The summed E-state index contributed by atoms with van der Waals surface area (Å²) in [6.07, 6.45) is 6.36. The molecule has 1 heterocycles. The van der Waals surface area contributed by atoms with Gasteiger partial charge in [0, 0.05) is 6.07 Å². The van der Waals surface area contributed by atoms with E-state index < -0.39 is 0 Å². The average Bonchev–Trinajstić information content (AvgIpc) is 2.26. The summed E-state index contributed by atoms with van der Waals surface area (Å²) >= 11 is 0. The third-order valence-corrected chi connectivity index (χ3v) is 2.40. The zero-order valence-corrected chi connectivity index (χ0v) is 8.20. The fraction of sp³-hybridized carbons (Fsp3) is 0.455. The van der Waals surface area contributed by atoms with Crippen LogP contribution in [-0.4, -0.2) is 16.8 Å². The van der Waals surface area contributed by atoms with E-state index in [-0.39, 0.29) is 0 Å². The van der Waals surface area contributed by atoms with E-state index in [1.165, 1.54) is 18.4 Å². The van der Waals surface area contributed by atoms with Crippen LogP contribution in [0.2, 0.25) is 0 Å². The lowest BCUT2D eigenvalue weighted by atomic mass is 9.97. The zero-order chi connectivity index (χ0) is 9.80. The zero-order valence-electron chi connectivity index (χ0n) is 8.20. The Labute approximate surface area is 83.8 Å². The molecule has 1 aliphatic rings. The number of aromatic nitrogens is 2. The smallest absolute Gasteiger partial charge is 0.233 e. The van der Waals surface area contributed by atoms with Crippen molar-refractivity contribution in [2.45, 2.75) is 25.7 Å². The highest BCUT2D eigenvalue weighted by Crippen LogP contribution is 2.21. The standard InChI is InChI=1S/C11H14N2O/c1-2-7-14-11-8-9-5-3-4-6-10(9)12-13-11/h2,8H,1,3-7H2. The summed E-state index contributed by atoms with van der Waals surface area (Å²) in [4.78, 5) is 0. The maximum Gasteiger partial charge on any atom is 0.233 e. The molecule has 0 bridgehead atoms. The topological polar surface area (TPSA) is 35.0 Å². The Morgan fingerprint density at radius 3 is 3.07 bits per heavy atom. The second kappa shape index (κ2) is 4.22. The summed E-state index contributed by atoms with van der Waals surface area (Å²) in [5.74, 6) is 0.616. The average molecular weight is 190 g/mol. The van der Waals surface area contributed by atoms with E-state index in [1.54, 1.807) is 6.08 Å². The minimum Gasteiger partial charge on any atom is -0.472 e. The van der Waals surface area contributed by atoms with E-state index in [1.807, 2.05) is 6.07 Å². The van der Waals surface area contributed by atoms with Crippen molar-refractivity contribution in [2.75, 3.05) is 6.61 Å². The van der Waals surface area contributed by atoms with Crippen molar-refractivity contribution in [1.29, 1.82) is 0 Å². The number of hydrogen-bond donors (Lipinski definition) is 0. The molecule has 0 aliphatic heterocycles. The molecule has 0 saturated heterocycles. The van der Waals surface area contributed by atoms with Crippen LogP contribution in [0, 0.1) is 0 Å². The van der Waals surface area contributed by atoms with Gasteiger partial charge in [0.1, 0.15) is 6.61 Å². The lowest BCUT2D eigenvalue weighted by Gasteiger charge is -2.14. The summed E-state index contributed by atoms with van der Waals surface area (Å²) in [6, 6.07) is 2.00. The normalized spacial score (nSPS) is 14.6. The third-order valence-electron chi connectivity index (χ3n) is 2.40. The van der Waals surface area contributed by atoms with Crippen molar-refractivity contribution in [3.63, 3.8) is 0 Å². The Hall–Kier alpha value is -1.38. The fourth-order valence-electron chi connectivity index (χ4n) is 1.68. The van der Waals surface area contributed by atoms with Crippen LogP contribution in [-0.2, 0) is 12.8 Å². The monoisotopic (exact) mass is 190 g/mol. The molecular weight excluding hydrogens is 176 g/mol. The van der Waals surface area contributed by atoms with E-state index in [9.17, 15) is 0 Å². The van der Waals surface area contributed by atoms with Gasteiger partial charge in [-0.15, -0.1) is 5.10 Å². The van der Waals surface area contributed by atoms with Crippen LogP contribution in [0.3, 0.4) is 0 Å². The Kier molecular flexibility index (Phi) is 2.77. The number of hydrogen-bond acceptors (Lipinski definition) is 3. The minimum absolute atomic E-state index is 0.494. The van der Waals surface area contributed by atoms with Gasteiger partial charge in [-0.25, -0.2) is 0 Å². The number of rotatable bonds is 3. The SMILES string of the molecule is C=CCOc1cc2c(nn1)CCCC2. The lowest BCUT2D eigenvalue weighted by molar-refractivity contribution is 0.342. The summed E-state index contributed by atoms with van der Waals surface area (Å²) in [5, 5.41) is 8.17. The summed E-state index contributed by atoms with van der Waals surface area (Å²) in [6.45, 7) is 4.08. The maximum atomic E-state index is 5.33. The highest BCUT2D eigenvalue weighted by molar-refractivity contribution is 5.26. The van der Waals surface area contributed by atoms with Crippen molar-refractivity contribution in [3.05, 3.63) is 30.0 Å². The summed E-state index contributed by atoms with van der Waals surface area (Å²) < 4.78 is 5.33. The van der Waals surface area contributed by atoms with Gasteiger partial charge in [0.2, 0.25) is 5.88 Å². The van der Waals surface area contributed by atoms with Gasteiger partial charge < -0.3 is 4.74 Å². The third kappa shape index (κ3) is 1.92. The maximum absolute atomic E-state index is 5.33. The van der Waals surface area contributed by atoms with Crippen LogP contribution >= 0.6 is 0 Å². The van der Waals surface area contributed by atoms with Crippen molar-refractivity contribution in [1.82, 2.24) is 10.2 Å². The van der Waals surface area contributed by atoms with Gasteiger partial charge in [-0.3, -0.25) is 0 Å². The summed E-state index contributed by atoms with van der Waals surface area (Å²) in [7, 11) is 0. The molecule has 3 heteroatoms. The van der Waals surface area contributed by atoms with Gasteiger partial charge >= 0.3 is 0 Å². The van der Waals surface area contributed by atoms with E-state index in [4.69, 9.17) is 4.74 Å². The summed E-state index contributed by atoms with van der Waals surface area (Å²) in [5.41, 5.74) is 2.44. The largest absolute Gasteiger partial charge is 0.472 e. The molecule has 0 spiro atoms. The van der Waals surface area contributed by atoms with Gasteiger partial charge in [-0.1, -0.05) is 12.7 Å². The lowest BCUT2D eigenvalue weighted by Crippen LogP contribution is -2.08. The van der Waals surface area contributed by atoms with Gasteiger partial charge in [-0.05, 0) is 31.2 Å². The van der Waals surface area contributed by atoms with E-state index in [0.717, 1.165) is 18.5 Å². The molecule has 3 nitrogen and oxygen atoms in total. The molecule has 0 atom stereocenters. The van der Waals surface area contributed by atoms with Gasteiger partial charge in [0.25, 0.3) is 0 Å². The van der Waals surface area contributed by atoms with Crippen molar-refractivity contribution >= 4 is 0 Å². The molecule has 2 rings (SSSR count). The van der Waals surface area contributed by atoms with Crippen molar-refractivity contribution in [3.8, 4) is 5.88 Å². The Morgan fingerprint density at radius 2 is 2.21 bits per heavy atom. The molecule has 1 aromatic rings. The minimum atomic E-state index is 0.494. The highest BCUT2D eigenvalue weighted by Gasteiger charge is 2.11. The Bertz CT molecular complexity index is 336. The molecule has 0 aromatic carbocycles. The predicted octanol–water partition coefficient (Wildman–Crippen LogP) is 1.92. The van der Waals surface area contributed by atoms with Crippen LogP contribution in [0.4, 0.5) is 0 Å². The van der Waals surface area contributed by atoms with E-state index >= 15 is 0 Å². The van der Waals surface area contributed by atoms with E-state index in [0.29, 0.717) is 12.5 Å². The fourth-order valence-corrected chi connectivity index (χ4v) is 1.68. The first-order valence-electron chi connectivity index (χ1n) is 4.99. The molecule has 0 saturated carbocycles. The molecule has 0 radical (unpaired) electrons. The first-order valence-corrected chi connectivity index (χ1v) is 4.99. The molecule has 0 fully saturated rings. The molecular formula is C11H14N2O. The van der Waals surface area contributed by atoms with Gasteiger partial charge in [0.15, 0.2) is 0 Å². The van der Waals surface area contributed by atoms with Crippen LogP contribution in [0.1, 0.15) is 24.1 Å². The number of fused-ring (bicyclic) bond motifs is 1. The van der Waals surface area contributed by atoms with Crippen molar-refractivity contribution in [2.24, 2.45) is 0 Å². The Balaban J connectivity index is 2.16.